The molecule has 1 aliphatic carbocycles. The molecule has 1 aliphatic heterocycles. The zero-order chi connectivity index (χ0) is 19.3. The predicted octanol–water partition coefficient (Wildman–Crippen LogP) is 1.65. The van der Waals surface area contributed by atoms with E-state index in [9.17, 15) is 4.79 Å². The Morgan fingerprint density at radius 2 is 2.14 bits per heavy atom. The summed E-state index contributed by atoms with van der Waals surface area (Å²) in [7, 11) is 2.01. The molecule has 146 valence electrons. The fraction of sp³-hybridized carbons (Fsp3) is 0.500. The van der Waals surface area contributed by atoms with E-state index in [1.807, 2.05) is 36.7 Å². The van der Waals surface area contributed by atoms with Gasteiger partial charge in [0.05, 0.1) is 17.6 Å². The Balaban J connectivity index is 1.32. The molecule has 2 aliphatic rings. The van der Waals surface area contributed by atoms with Crippen LogP contribution in [0, 0.1) is 0 Å². The molecule has 2 aromatic heterocycles. The highest BCUT2D eigenvalue weighted by molar-refractivity contribution is 5.84. The predicted molar refractivity (Wildman–Crippen MR) is 103 cm³/mol. The molecule has 1 N–H and O–H groups in total. The zero-order valence-electron chi connectivity index (χ0n) is 16.2. The van der Waals surface area contributed by atoms with Crippen LogP contribution in [0.2, 0.25) is 0 Å². The lowest BCUT2D eigenvalue weighted by Gasteiger charge is -2.35. The van der Waals surface area contributed by atoms with Gasteiger partial charge in [-0.3, -0.25) is 9.36 Å². The maximum Gasteiger partial charge on any atom is 0.248 e. The number of ether oxygens (including phenoxy) is 1. The minimum absolute atomic E-state index is 0.0612. The van der Waals surface area contributed by atoms with Gasteiger partial charge in [0.2, 0.25) is 5.91 Å². The average Bonchev–Trinajstić information content (AvgIpc) is 3.37. The van der Waals surface area contributed by atoms with Crippen LogP contribution in [0.4, 0.5) is 0 Å². The van der Waals surface area contributed by atoms with E-state index in [0.29, 0.717) is 32.1 Å². The number of hydrogen-bond acceptors (Lipinski definition) is 5. The SMILES string of the molecule is Cn1c(CCNC(=O)C2(C)COCc3nnc(C4CC4)n32)nc2ccccc21. The first kappa shape index (κ1) is 17.4. The van der Waals surface area contributed by atoms with Crippen LogP contribution in [0.3, 0.4) is 0 Å². The van der Waals surface area contributed by atoms with Gasteiger partial charge >= 0.3 is 0 Å². The number of imidazole rings is 1. The van der Waals surface area contributed by atoms with E-state index in [2.05, 4.69) is 31.1 Å². The Morgan fingerprint density at radius 1 is 1.32 bits per heavy atom. The molecule has 28 heavy (non-hydrogen) atoms. The van der Waals surface area contributed by atoms with Crippen LogP contribution < -0.4 is 5.32 Å². The van der Waals surface area contributed by atoms with Gasteiger partial charge < -0.3 is 14.6 Å². The third-order valence-electron chi connectivity index (χ3n) is 5.81. The highest BCUT2D eigenvalue weighted by Crippen LogP contribution is 2.41. The lowest BCUT2D eigenvalue weighted by molar-refractivity contribution is -0.135. The van der Waals surface area contributed by atoms with Crippen molar-refractivity contribution in [2.45, 2.75) is 44.2 Å². The van der Waals surface area contributed by atoms with Gasteiger partial charge in [-0.1, -0.05) is 12.1 Å². The Labute approximate surface area is 162 Å². The standard InChI is InChI=1S/C20H24N6O2/c1-20(12-28-11-17-23-24-18(26(17)20)13-7-8-13)19(27)21-10-9-16-22-14-5-3-4-6-15(14)25(16)2/h3-6,13H,7-12H2,1-2H3,(H,21,27). The summed E-state index contributed by atoms with van der Waals surface area (Å²) in [5, 5.41) is 11.7. The number of aromatic nitrogens is 5. The number of carbonyl (C=O) groups is 1. The number of hydrogen-bond donors (Lipinski definition) is 1. The molecule has 5 rings (SSSR count). The first-order valence-corrected chi connectivity index (χ1v) is 9.79. The number of carbonyl (C=O) groups excluding carboxylic acids is 1. The van der Waals surface area contributed by atoms with Crippen molar-refractivity contribution in [3.05, 3.63) is 41.7 Å². The Morgan fingerprint density at radius 3 is 2.93 bits per heavy atom. The van der Waals surface area contributed by atoms with Crippen LogP contribution in [0.15, 0.2) is 24.3 Å². The normalized spacial score (nSPS) is 21.6. The molecule has 1 amide bonds. The molecule has 0 radical (unpaired) electrons. The zero-order valence-corrected chi connectivity index (χ0v) is 16.2. The van der Waals surface area contributed by atoms with E-state index in [1.54, 1.807) is 0 Å². The van der Waals surface area contributed by atoms with Crippen molar-refractivity contribution in [3.8, 4) is 0 Å². The number of fused-ring (bicyclic) bond motifs is 2. The van der Waals surface area contributed by atoms with Crippen LogP contribution in [0.5, 0.6) is 0 Å². The molecule has 8 heteroatoms. The van der Waals surface area contributed by atoms with Gasteiger partial charge in [0, 0.05) is 25.9 Å². The minimum atomic E-state index is -0.818. The summed E-state index contributed by atoms with van der Waals surface area (Å²) in [6.45, 7) is 3.16. The summed E-state index contributed by atoms with van der Waals surface area (Å²) in [5.41, 5.74) is 1.25. The van der Waals surface area contributed by atoms with Crippen molar-refractivity contribution in [1.82, 2.24) is 29.6 Å². The van der Waals surface area contributed by atoms with Crippen molar-refractivity contribution in [3.63, 3.8) is 0 Å². The van der Waals surface area contributed by atoms with Crippen molar-refractivity contribution in [2.75, 3.05) is 13.2 Å². The van der Waals surface area contributed by atoms with E-state index in [4.69, 9.17) is 4.74 Å². The van der Waals surface area contributed by atoms with Crippen LogP contribution in [-0.2, 0) is 35.1 Å². The highest BCUT2D eigenvalue weighted by atomic mass is 16.5. The van der Waals surface area contributed by atoms with Crippen molar-refractivity contribution in [2.24, 2.45) is 7.05 Å². The number of para-hydroxylation sites is 2. The highest BCUT2D eigenvalue weighted by Gasteiger charge is 2.45. The topological polar surface area (TPSA) is 86.9 Å². The average molecular weight is 380 g/mol. The Kier molecular flexibility index (Phi) is 3.97. The third-order valence-corrected chi connectivity index (χ3v) is 5.81. The molecule has 3 heterocycles. The molecule has 1 fully saturated rings. The molecule has 0 spiro atoms. The summed E-state index contributed by atoms with van der Waals surface area (Å²) in [4.78, 5) is 17.8. The van der Waals surface area contributed by atoms with Crippen molar-refractivity contribution in [1.29, 1.82) is 0 Å². The van der Waals surface area contributed by atoms with Crippen molar-refractivity contribution >= 4 is 16.9 Å². The maximum atomic E-state index is 13.1. The lowest BCUT2D eigenvalue weighted by Crippen LogP contribution is -2.53. The summed E-state index contributed by atoms with van der Waals surface area (Å²) >= 11 is 0. The van der Waals surface area contributed by atoms with Gasteiger partial charge in [-0.25, -0.2) is 4.98 Å². The van der Waals surface area contributed by atoms with Crippen LogP contribution >= 0.6 is 0 Å². The first-order chi connectivity index (χ1) is 13.6. The van der Waals surface area contributed by atoms with Gasteiger partial charge in [0.1, 0.15) is 23.8 Å². The summed E-state index contributed by atoms with van der Waals surface area (Å²) < 4.78 is 9.76. The smallest absolute Gasteiger partial charge is 0.248 e. The van der Waals surface area contributed by atoms with Gasteiger partial charge in [0.15, 0.2) is 5.82 Å². The number of aryl methyl sites for hydroxylation is 1. The Hall–Kier alpha value is -2.74. The summed E-state index contributed by atoms with van der Waals surface area (Å²) in [6.07, 6.45) is 2.89. The number of rotatable bonds is 5. The van der Waals surface area contributed by atoms with Gasteiger partial charge in [-0.15, -0.1) is 10.2 Å². The molecule has 1 unspecified atom stereocenters. The largest absolute Gasteiger partial charge is 0.370 e. The fourth-order valence-corrected chi connectivity index (χ4v) is 4.04. The first-order valence-electron chi connectivity index (χ1n) is 9.79. The molecule has 8 nitrogen and oxygen atoms in total. The van der Waals surface area contributed by atoms with Crippen LogP contribution in [-0.4, -0.2) is 43.4 Å². The quantitative estimate of drug-likeness (QED) is 0.727. The molecule has 0 bridgehead atoms. The van der Waals surface area contributed by atoms with E-state index in [1.165, 1.54) is 0 Å². The number of benzene rings is 1. The van der Waals surface area contributed by atoms with Gasteiger partial charge in [-0.2, -0.15) is 0 Å². The molecular formula is C20H24N6O2. The second kappa shape index (κ2) is 6.41. The monoisotopic (exact) mass is 380 g/mol. The fourth-order valence-electron chi connectivity index (χ4n) is 4.04. The van der Waals surface area contributed by atoms with E-state index < -0.39 is 5.54 Å². The lowest BCUT2D eigenvalue weighted by atomic mass is 9.99. The van der Waals surface area contributed by atoms with Crippen LogP contribution in [0.1, 0.15) is 43.2 Å². The molecule has 1 aromatic carbocycles. The third kappa shape index (κ3) is 2.71. The molecule has 3 aromatic rings. The van der Waals surface area contributed by atoms with E-state index in [-0.39, 0.29) is 5.91 Å². The van der Waals surface area contributed by atoms with Crippen LogP contribution in [0.25, 0.3) is 11.0 Å². The summed E-state index contributed by atoms with van der Waals surface area (Å²) in [6, 6.07) is 8.05. The minimum Gasteiger partial charge on any atom is -0.370 e. The van der Waals surface area contributed by atoms with Gasteiger partial charge in [0.25, 0.3) is 0 Å². The second-order valence-corrected chi connectivity index (χ2v) is 7.93. The molecule has 1 saturated carbocycles. The number of nitrogens with zero attached hydrogens (tertiary/aromatic N) is 5. The maximum absolute atomic E-state index is 13.1. The molecule has 0 saturated heterocycles. The second-order valence-electron chi connectivity index (χ2n) is 7.93. The molecular weight excluding hydrogens is 356 g/mol. The molecule has 1 atom stereocenters. The van der Waals surface area contributed by atoms with E-state index in [0.717, 1.165) is 41.3 Å². The summed E-state index contributed by atoms with van der Waals surface area (Å²) in [5.74, 6) is 2.98. The number of nitrogens with one attached hydrogen (secondary N) is 1. The van der Waals surface area contributed by atoms with Gasteiger partial charge in [-0.05, 0) is 31.9 Å². The van der Waals surface area contributed by atoms with E-state index >= 15 is 0 Å². The number of amides is 1. The van der Waals surface area contributed by atoms with Crippen molar-refractivity contribution < 1.29 is 9.53 Å². The Bertz CT molecular complexity index is 1050.